The molecule has 22 heavy (non-hydrogen) atoms. The van der Waals surface area contributed by atoms with E-state index in [-0.39, 0.29) is 5.91 Å². The molecule has 0 bridgehead atoms. The van der Waals surface area contributed by atoms with Gasteiger partial charge < -0.3 is 14.8 Å². The zero-order valence-corrected chi connectivity index (χ0v) is 14.7. The molecule has 2 rings (SSSR count). The number of halogens is 1. The van der Waals surface area contributed by atoms with E-state index < -0.39 is 0 Å². The van der Waals surface area contributed by atoms with E-state index >= 15 is 0 Å². The molecule has 2 aromatic rings. The van der Waals surface area contributed by atoms with Gasteiger partial charge in [0.15, 0.2) is 11.5 Å². The molecule has 0 aliphatic heterocycles. The fourth-order valence-electron chi connectivity index (χ4n) is 1.80. The Hall–Kier alpha value is -1.66. The van der Waals surface area contributed by atoms with Crippen molar-refractivity contribution < 1.29 is 14.3 Å². The lowest BCUT2D eigenvalue weighted by Crippen LogP contribution is -2.14. The molecule has 0 heterocycles. The zero-order chi connectivity index (χ0) is 15.9. The second-order valence-electron chi connectivity index (χ2n) is 4.33. The monoisotopic (exact) mass is 381 g/mol. The van der Waals surface area contributed by atoms with Crippen LogP contribution in [0.4, 0.5) is 5.69 Å². The number of ether oxygens (including phenoxy) is 2. The number of amides is 1. The molecule has 0 aliphatic carbocycles. The normalized spacial score (nSPS) is 10.1. The summed E-state index contributed by atoms with van der Waals surface area (Å²) in [5.41, 5.74) is 0.764. The van der Waals surface area contributed by atoms with Gasteiger partial charge in [-0.3, -0.25) is 4.79 Å². The van der Waals surface area contributed by atoms with Crippen molar-refractivity contribution in [2.75, 3.05) is 25.3 Å². The summed E-state index contributed by atoms with van der Waals surface area (Å²) < 4.78 is 11.3. The first-order chi connectivity index (χ1) is 10.6. The standard InChI is InChI=1S/C16H16BrNO3S/c1-20-14-8-7-11(9-15(14)21-2)22-10-16(19)18-13-6-4-3-5-12(13)17/h3-9H,10H2,1-2H3,(H,18,19). The number of methoxy groups -OCH3 is 2. The van der Waals surface area contributed by atoms with Gasteiger partial charge in [-0.05, 0) is 46.3 Å². The maximum Gasteiger partial charge on any atom is 0.234 e. The van der Waals surface area contributed by atoms with E-state index in [0.29, 0.717) is 17.3 Å². The van der Waals surface area contributed by atoms with Crippen LogP contribution >= 0.6 is 27.7 Å². The molecular formula is C16H16BrNO3S. The van der Waals surface area contributed by atoms with Gasteiger partial charge in [-0.1, -0.05) is 12.1 Å². The Balaban J connectivity index is 1.95. The molecule has 0 aromatic heterocycles. The average Bonchev–Trinajstić information content (AvgIpc) is 2.54. The number of nitrogens with one attached hydrogen (secondary N) is 1. The van der Waals surface area contributed by atoms with Crippen molar-refractivity contribution in [3.63, 3.8) is 0 Å². The summed E-state index contributed by atoms with van der Waals surface area (Å²) in [6, 6.07) is 13.1. The zero-order valence-electron chi connectivity index (χ0n) is 12.3. The largest absolute Gasteiger partial charge is 0.493 e. The third-order valence-corrected chi connectivity index (χ3v) is 4.56. The van der Waals surface area contributed by atoms with Crippen molar-refractivity contribution in [2.45, 2.75) is 4.90 Å². The van der Waals surface area contributed by atoms with Crippen molar-refractivity contribution in [3.05, 3.63) is 46.9 Å². The number of benzene rings is 2. The molecule has 2 aromatic carbocycles. The smallest absolute Gasteiger partial charge is 0.234 e. The second kappa shape index (κ2) is 8.10. The van der Waals surface area contributed by atoms with Crippen LogP contribution in [0.15, 0.2) is 51.8 Å². The predicted molar refractivity (Wildman–Crippen MR) is 93.0 cm³/mol. The predicted octanol–water partition coefficient (Wildman–Crippen LogP) is 4.20. The average molecular weight is 382 g/mol. The van der Waals surface area contributed by atoms with Crippen LogP contribution in [0.25, 0.3) is 0 Å². The number of hydrogen-bond acceptors (Lipinski definition) is 4. The van der Waals surface area contributed by atoms with Crippen LogP contribution < -0.4 is 14.8 Å². The first-order valence-electron chi connectivity index (χ1n) is 6.53. The van der Waals surface area contributed by atoms with Gasteiger partial charge >= 0.3 is 0 Å². The van der Waals surface area contributed by atoms with Crippen molar-refractivity contribution in [1.82, 2.24) is 0 Å². The molecule has 116 valence electrons. The van der Waals surface area contributed by atoms with Crippen molar-refractivity contribution >= 4 is 39.3 Å². The summed E-state index contributed by atoms with van der Waals surface area (Å²) in [7, 11) is 3.18. The molecule has 6 heteroatoms. The van der Waals surface area contributed by atoms with Crippen LogP contribution in [0.2, 0.25) is 0 Å². The molecule has 0 saturated carbocycles. The van der Waals surface area contributed by atoms with Gasteiger partial charge in [-0.25, -0.2) is 0 Å². The maximum absolute atomic E-state index is 12.0. The Morgan fingerprint density at radius 1 is 1.14 bits per heavy atom. The third-order valence-electron chi connectivity index (χ3n) is 2.87. The first-order valence-corrected chi connectivity index (χ1v) is 8.31. The molecule has 0 unspecified atom stereocenters. The van der Waals surface area contributed by atoms with E-state index in [4.69, 9.17) is 9.47 Å². The fourth-order valence-corrected chi connectivity index (χ4v) is 2.91. The van der Waals surface area contributed by atoms with E-state index in [1.54, 1.807) is 14.2 Å². The Morgan fingerprint density at radius 2 is 1.86 bits per heavy atom. The van der Waals surface area contributed by atoms with Gasteiger partial charge in [-0.2, -0.15) is 0 Å². The van der Waals surface area contributed by atoms with E-state index in [1.807, 2.05) is 42.5 Å². The highest BCUT2D eigenvalue weighted by atomic mass is 79.9. The molecule has 4 nitrogen and oxygen atoms in total. The van der Waals surface area contributed by atoms with Gasteiger partial charge in [0.25, 0.3) is 0 Å². The van der Waals surface area contributed by atoms with Gasteiger partial charge in [-0.15, -0.1) is 11.8 Å². The molecule has 0 saturated heterocycles. The summed E-state index contributed by atoms with van der Waals surface area (Å²) in [4.78, 5) is 13.0. The fraction of sp³-hybridized carbons (Fsp3) is 0.188. The highest BCUT2D eigenvalue weighted by Crippen LogP contribution is 2.32. The molecule has 0 aliphatic rings. The van der Waals surface area contributed by atoms with Crippen LogP contribution in [0.5, 0.6) is 11.5 Å². The van der Waals surface area contributed by atoms with E-state index in [9.17, 15) is 4.79 Å². The second-order valence-corrected chi connectivity index (χ2v) is 6.24. The van der Waals surface area contributed by atoms with Crippen molar-refractivity contribution in [2.24, 2.45) is 0 Å². The SMILES string of the molecule is COc1ccc(SCC(=O)Nc2ccccc2Br)cc1OC. The van der Waals surface area contributed by atoms with Crippen molar-refractivity contribution in [3.8, 4) is 11.5 Å². The molecule has 1 amide bonds. The Bertz CT molecular complexity index is 664. The molecule has 0 atom stereocenters. The van der Waals surface area contributed by atoms with Crippen LogP contribution in [-0.2, 0) is 4.79 Å². The number of anilines is 1. The van der Waals surface area contributed by atoms with Gasteiger partial charge in [0.05, 0.1) is 25.7 Å². The molecule has 0 spiro atoms. The summed E-state index contributed by atoms with van der Waals surface area (Å²) >= 11 is 4.84. The van der Waals surface area contributed by atoms with Crippen LogP contribution in [0.1, 0.15) is 0 Å². The van der Waals surface area contributed by atoms with Gasteiger partial charge in [0, 0.05) is 9.37 Å². The van der Waals surface area contributed by atoms with Gasteiger partial charge in [0.2, 0.25) is 5.91 Å². The van der Waals surface area contributed by atoms with Gasteiger partial charge in [0.1, 0.15) is 0 Å². The number of hydrogen-bond donors (Lipinski definition) is 1. The molecular weight excluding hydrogens is 366 g/mol. The number of rotatable bonds is 6. The van der Waals surface area contributed by atoms with Crippen LogP contribution in [0.3, 0.4) is 0 Å². The topological polar surface area (TPSA) is 47.6 Å². The number of carbonyl (C=O) groups is 1. The minimum Gasteiger partial charge on any atom is -0.493 e. The molecule has 1 N–H and O–H groups in total. The minimum atomic E-state index is -0.0633. The van der Waals surface area contributed by atoms with Crippen LogP contribution in [-0.4, -0.2) is 25.9 Å². The summed E-state index contributed by atoms with van der Waals surface area (Å²) in [5.74, 6) is 1.58. The summed E-state index contributed by atoms with van der Waals surface area (Å²) in [6.45, 7) is 0. The Kier molecular flexibility index (Phi) is 6.15. The van der Waals surface area contributed by atoms with E-state index in [2.05, 4.69) is 21.2 Å². The highest BCUT2D eigenvalue weighted by Gasteiger charge is 2.08. The number of para-hydroxylation sites is 1. The first kappa shape index (κ1) is 16.7. The Morgan fingerprint density at radius 3 is 2.55 bits per heavy atom. The summed E-state index contributed by atoms with van der Waals surface area (Å²) in [6.07, 6.45) is 0. The lowest BCUT2D eigenvalue weighted by Gasteiger charge is -2.10. The van der Waals surface area contributed by atoms with Crippen molar-refractivity contribution in [1.29, 1.82) is 0 Å². The third kappa shape index (κ3) is 4.42. The lowest BCUT2D eigenvalue weighted by atomic mass is 10.3. The lowest BCUT2D eigenvalue weighted by molar-refractivity contribution is -0.113. The maximum atomic E-state index is 12.0. The number of thioether (sulfide) groups is 1. The van der Waals surface area contributed by atoms with E-state index in [1.165, 1.54) is 11.8 Å². The van der Waals surface area contributed by atoms with Crippen LogP contribution in [0, 0.1) is 0 Å². The Labute approximate surface area is 142 Å². The molecule has 0 radical (unpaired) electrons. The molecule has 0 fully saturated rings. The van der Waals surface area contributed by atoms with E-state index in [0.717, 1.165) is 15.1 Å². The minimum absolute atomic E-state index is 0.0633. The summed E-state index contributed by atoms with van der Waals surface area (Å²) in [5, 5.41) is 2.87. The highest BCUT2D eigenvalue weighted by molar-refractivity contribution is 9.10. The quantitative estimate of drug-likeness (QED) is 0.761. The number of carbonyl (C=O) groups excluding carboxylic acids is 1.